The van der Waals surface area contributed by atoms with Crippen LogP contribution in [-0.2, 0) is 17.8 Å². The Morgan fingerprint density at radius 1 is 1.12 bits per heavy atom. The molecule has 0 saturated carbocycles. The van der Waals surface area contributed by atoms with E-state index in [0.717, 1.165) is 11.1 Å². The first-order chi connectivity index (χ1) is 12.2. The van der Waals surface area contributed by atoms with Crippen LogP contribution in [0, 0.1) is 5.82 Å². The van der Waals surface area contributed by atoms with Crippen molar-refractivity contribution in [2.75, 3.05) is 27.4 Å². The molecule has 142 valence electrons. The summed E-state index contributed by atoms with van der Waals surface area (Å²) in [4.78, 5) is 8.42. The Morgan fingerprint density at radius 3 is 2.54 bits per heavy atom. The van der Waals surface area contributed by atoms with Gasteiger partial charge in [0.15, 0.2) is 5.96 Å². The molecule has 0 amide bonds. The Morgan fingerprint density at radius 2 is 1.85 bits per heavy atom. The molecule has 0 aliphatic rings. The monoisotopic (exact) mass is 474 g/mol. The summed E-state index contributed by atoms with van der Waals surface area (Å²) in [6.45, 7) is 2.01. The summed E-state index contributed by atoms with van der Waals surface area (Å²) in [7, 11) is 3.32. The maximum Gasteiger partial charge on any atom is 0.218 e. The van der Waals surface area contributed by atoms with Gasteiger partial charge in [-0.2, -0.15) is 0 Å². The molecule has 1 aromatic heterocycles. The molecule has 0 fully saturated rings. The number of benzene rings is 1. The molecular weight excluding hydrogens is 450 g/mol. The maximum atomic E-state index is 12.9. The number of hydrogen-bond donors (Lipinski definition) is 2. The summed E-state index contributed by atoms with van der Waals surface area (Å²) in [5.41, 5.74) is 1.89. The molecule has 1 aromatic carbocycles. The first-order valence-corrected chi connectivity index (χ1v) is 7.97. The maximum absolute atomic E-state index is 12.9. The molecule has 0 atom stereocenters. The number of aromatic nitrogens is 1. The van der Waals surface area contributed by atoms with Crippen LogP contribution < -0.4 is 15.4 Å². The number of halogens is 2. The predicted octanol–water partition coefficient (Wildman–Crippen LogP) is 2.73. The van der Waals surface area contributed by atoms with Crippen molar-refractivity contribution in [3.63, 3.8) is 0 Å². The molecule has 1 heterocycles. The molecule has 0 spiro atoms. The van der Waals surface area contributed by atoms with Gasteiger partial charge in [0.25, 0.3) is 0 Å². The zero-order valence-corrected chi connectivity index (χ0v) is 17.2. The van der Waals surface area contributed by atoms with Crippen LogP contribution in [0.5, 0.6) is 5.88 Å². The lowest BCUT2D eigenvalue weighted by Gasteiger charge is -2.14. The number of hydrogen-bond acceptors (Lipinski definition) is 4. The molecule has 26 heavy (non-hydrogen) atoms. The second kappa shape index (κ2) is 12.4. The fourth-order valence-corrected chi connectivity index (χ4v) is 2.10. The van der Waals surface area contributed by atoms with Gasteiger partial charge in [0.1, 0.15) is 12.4 Å². The quantitative estimate of drug-likeness (QED) is 0.267. The molecule has 0 aliphatic heterocycles. The van der Waals surface area contributed by atoms with E-state index in [-0.39, 0.29) is 29.8 Å². The lowest BCUT2D eigenvalue weighted by Crippen LogP contribution is -2.36. The Kier molecular flexibility index (Phi) is 10.6. The Bertz CT molecular complexity index is 683. The van der Waals surface area contributed by atoms with E-state index in [9.17, 15) is 4.39 Å². The third-order valence-corrected chi connectivity index (χ3v) is 3.42. The average molecular weight is 474 g/mol. The number of ether oxygens (including phenoxy) is 2. The summed E-state index contributed by atoms with van der Waals surface area (Å²) >= 11 is 0. The third-order valence-electron chi connectivity index (χ3n) is 3.42. The van der Waals surface area contributed by atoms with Crippen molar-refractivity contribution >= 4 is 29.9 Å². The number of nitrogens with zero attached hydrogens (tertiary/aromatic N) is 2. The summed E-state index contributed by atoms with van der Waals surface area (Å²) in [6, 6.07) is 10.1. The number of rotatable bonds is 8. The van der Waals surface area contributed by atoms with E-state index in [1.54, 1.807) is 32.5 Å². The molecule has 8 heteroatoms. The van der Waals surface area contributed by atoms with Crippen molar-refractivity contribution < 1.29 is 13.9 Å². The summed E-state index contributed by atoms with van der Waals surface area (Å²) in [5.74, 6) is 0.959. The van der Waals surface area contributed by atoms with Gasteiger partial charge in [-0.1, -0.05) is 18.2 Å². The van der Waals surface area contributed by atoms with Crippen LogP contribution in [0.2, 0.25) is 0 Å². The van der Waals surface area contributed by atoms with Crippen LogP contribution in [0.25, 0.3) is 0 Å². The highest BCUT2D eigenvalue weighted by molar-refractivity contribution is 14.0. The van der Waals surface area contributed by atoms with Crippen molar-refractivity contribution in [2.24, 2.45) is 4.99 Å². The van der Waals surface area contributed by atoms with Crippen LogP contribution >= 0.6 is 24.0 Å². The predicted molar refractivity (Wildman–Crippen MR) is 110 cm³/mol. The van der Waals surface area contributed by atoms with E-state index in [0.29, 0.717) is 38.1 Å². The molecule has 6 nitrogen and oxygen atoms in total. The molecule has 0 saturated heterocycles. The number of aliphatic imine (C=N–C) groups is 1. The fourth-order valence-electron chi connectivity index (χ4n) is 2.10. The number of methoxy groups -OCH3 is 1. The van der Waals surface area contributed by atoms with Crippen LogP contribution in [0.1, 0.15) is 11.1 Å². The van der Waals surface area contributed by atoms with Crippen LogP contribution in [0.3, 0.4) is 0 Å². The minimum atomic E-state index is -0.246. The van der Waals surface area contributed by atoms with E-state index in [1.807, 2.05) is 12.1 Å². The lowest BCUT2D eigenvalue weighted by molar-refractivity contribution is 0.143. The molecule has 0 aliphatic carbocycles. The van der Waals surface area contributed by atoms with Crippen molar-refractivity contribution in [2.45, 2.75) is 13.1 Å². The Hall–Kier alpha value is -1.94. The molecular formula is C18H24FIN4O2. The van der Waals surface area contributed by atoms with E-state index in [1.165, 1.54) is 12.1 Å². The largest absolute Gasteiger partial charge is 0.475 e. The van der Waals surface area contributed by atoms with Gasteiger partial charge in [-0.3, -0.25) is 4.99 Å². The highest BCUT2D eigenvalue weighted by Gasteiger charge is 2.06. The van der Waals surface area contributed by atoms with Gasteiger partial charge in [0, 0.05) is 39.0 Å². The van der Waals surface area contributed by atoms with Crippen molar-refractivity contribution in [1.29, 1.82) is 0 Å². The standard InChI is InChI=1S/C18H23FN4O2.HI/c1-20-18(22-12-14-5-7-16(19)8-6-14)23-13-15-4-3-9-21-17(15)25-11-10-24-2;/h3-9H,10-13H2,1-2H3,(H2,20,22,23);1H. The van der Waals surface area contributed by atoms with Crippen molar-refractivity contribution in [1.82, 2.24) is 15.6 Å². The minimum absolute atomic E-state index is 0. The van der Waals surface area contributed by atoms with Gasteiger partial charge in [-0.15, -0.1) is 24.0 Å². The molecule has 0 bridgehead atoms. The summed E-state index contributed by atoms with van der Waals surface area (Å²) in [6.07, 6.45) is 1.69. The van der Waals surface area contributed by atoms with Gasteiger partial charge in [-0.25, -0.2) is 9.37 Å². The topological polar surface area (TPSA) is 67.8 Å². The Balaban J connectivity index is 0.00000338. The van der Waals surface area contributed by atoms with Gasteiger partial charge in [0.2, 0.25) is 5.88 Å². The zero-order valence-electron chi connectivity index (χ0n) is 14.9. The fraction of sp³-hybridized carbons (Fsp3) is 0.333. The van der Waals surface area contributed by atoms with Gasteiger partial charge in [-0.05, 0) is 23.8 Å². The van der Waals surface area contributed by atoms with E-state index in [2.05, 4.69) is 20.6 Å². The molecule has 2 N–H and O–H groups in total. The molecule has 2 rings (SSSR count). The second-order valence-corrected chi connectivity index (χ2v) is 5.21. The number of pyridine rings is 1. The normalized spacial score (nSPS) is 10.8. The number of nitrogens with one attached hydrogen (secondary N) is 2. The van der Waals surface area contributed by atoms with Crippen LogP contribution in [0.4, 0.5) is 4.39 Å². The summed E-state index contributed by atoms with van der Waals surface area (Å²) in [5, 5.41) is 6.39. The smallest absolute Gasteiger partial charge is 0.218 e. The van der Waals surface area contributed by atoms with Gasteiger partial charge < -0.3 is 20.1 Å². The van der Waals surface area contributed by atoms with Crippen molar-refractivity contribution in [3.05, 3.63) is 59.5 Å². The first kappa shape index (κ1) is 22.1. The van der Waals surface area contributed by atoms with E-state index >= 15 is 0 Å². The third kappa shape index (κ3) is 7.52. The van der Waals surface area contributed by atoms with Crippen molar-refractivity contribution in [3.8, 4) is 5.88 Å². The molecule has 0 unspecified atom stereocenters. The highest BCUT2D eigenvalue weighted by Crippen LogP contribution is 2.13. The average Bonchev–Trinajstić information content (AvgIpc) is 2.64. The molecule has 2 aromatic rings. The lowest BCUT2D eigenvalue weighted by atomic mass is 10.2. The first-order valence-electron chi connectivity index (χ1n) is 7.97. The summed E-state index contributed by atoms with van der Waals surface area (Å²) < 4.78 is 23.5. The second-order valence-electron chi connectivity index (χ2n) is 5.21. The number of guanidine groups is 1. The SMILES string of the molecule is CN=C(NCc1ccc(F)cc1)NCc1cccnc1OCCOC.I. The van der Waals surface area contributed by atoms with Gasteiger partial charge in [0.05, 0.1) is 6.61 Å². The highest BCUT2D eigenvalue weighted by atomic mass is 127. The molecule has 0 radical (unpaired) electrons. The van der Waals surface area contributed by atoms with E-state index < -0.39 is 0 Å². The van der Waals surface area contributed by atoms with E-state index in [4.69, 9.17) is 9.47 Å². The zero-order chi connectivity index (χ0) is 17.9. The Labute approximate surface area is 170 Å². The van der Waals surface area contributed by atoms with Crippen LogP contribution in [0.15, 0.2) is 47.6 Å². The van der Waals surface area contributed by atoms with Crippen LogP contribution in [-0.4, -0.2) is 38.3 Å². The minimum Gasteiger partial charge on any atom is -0.475 e. The van der Waals surface area contributed by atoms with Gasteiger partial charge >= 0.3 is 0 Å².